The van der Waals surface area contributed by atoms with Gasteiger partial charge in [0.05, 0.1) is 19.8 Å². The van der Waals surface area contributed by atoms with Gasteiger partial charge in [0.25, 0.3) is 0 Å². The average Bonchev–Trinajstić information content (AvgIpc) is 2.91. The van der Waals surface area contributed by atoms with E-state index < -0.39 is 0 Å². The van der Waals surface area contributed by atoms with Gasteiger partial charge in [-0.15, -0.1) is 0 Å². The molecule has 6 heteroatoms. The fraction of sp³-hybridized carbons (Fsp3) is 0.467. The van der Waals surface area contributed by atoms with Crippen molar-refractivity contribution in [3.8, 4) is 17.2 Å². The number of ether oxygens (including phenoxy) is 6. The van der Waals surface area contributed by atoms with Crippen LogP contribution in [-0.2, 0) is 20.6 Å². The molecule has 36 heavy (non-hydrogen) atoms. The Hall–Kier alpha value is -2.80. The second kappa shape index (κ2) is 13.5. The number of allylic oxidation sites excluding steroid dienone is 2. The summed E-state index contributed by atoms with van der Waals surface area (Å²) in [7, 11) is 5.07. The van der Waals surface area contributed by atoms with Crippen LogP contribution in [0, 0.1) is 0 Å². The highest BCUT2D eigenvalue weighted by Crippen LogP contribution is 2.44. The van der Waals surface area contributed by atoms with Gasteiger partial charge in [0.15, 0.2) is 11.5 Å². The van der Waals surface area contributed by atoms with E-state index in [9.17, 15) is 0 Å². The molecule has 1 unspecified atom stereocenters. The summed E-state index contributed by atoms with van der Waals surface area (Å²) in [5.41, 5.74) is 6.56. The van der Waals surface area contributed by atoms with Crippen LogP contribution in [0.25, 0.3) is 12.2 Å². The van der Waals surface area contributed by atoms with Crippen molar-refractivity contribution in [3.63, 3.8) is 0 Å². The molecule has 1 atom stereocenters. The quantitative estimate of drug-likeness (QED) is 0.315. The minimum absolute atomic E-state index is 0.320. The molecule has 2 aromatic rings. The second-order valence-corrected chi connectivity index (χ2v) is 9.08. The Bertz CT molecular complexity index is 1060. The summed E-state index contributed by atoms with van der Waals surface area (Å²) in [6, 6.07) is 10.7. The highest BCUT2D eigenvalue weighted by molar-refractivity contribution is 5.68. The molecule has 6 nitrogen and oxygen atoms in total. The number of hydrogen-bond donors (Lipinski definition) is 0. The van der Waals surface area contributed by atoms with Gasteiger partial charge in [0, 0.05) is 40.3 Å². The minimum atomic E-state index is 0.320. The van der Waals surface area contributed by atoms with Crippen LogP contribution in [0.2, 0.25) is 0 Å². The van der Waals surface area contributed by atoms with Gasteiger partial charge in [-0.1, -0.05) is 29.9 Å². The van der Waals surface area contributed by atoms with E-state index >= 15 is 0 Å². The lowest BCUT2D eigenvalue weighted by atomic mass is 9.77. The van der Waals surface area contributed by atoms with Gasteiger partial charge in [0.1, 0.15) is 19.0 Å². The SMILES string of the molecule is COCCCOc1ccc2c(c1)CCC(C1CC=Cc3cc(OCCOC)c(OCCOC)cc31)=C2. The molecule has 0 bridgehead atoms. The first-order valence-electron chi connectivity index (χ1n) is 12.8. The van der Waals surface area contributed by atoms with Gasteiger partial charge in [-0.3, -0.25) is 0 Å². The van der Waals surface area contributed by atoms with Crippen LogP contribution >= 0.6 is 0 Å². The van der Waals surface area contributed by atoms with Crippen LogP contribution in [0.4, 0.5) is 0 Å². The molecule has 0 amide bonds. The van der Waals surface area contributed by atoms with Gasteiger partial charge in [-0.25, -0.2) is 0 Å². The van der Waals surface area contributed by atoms with Crippen LogP contribution in [0.3, 0.4) is 0 Å². The molecule has 4 rings (SSSR count). The molecule has 2 aliphatic carbocycles. The normalized spacial score (nSPS) is 16.2. The minimum Gasteiger partial charge on any atom is -0.493 e. The third-order valence-electron chi connectivity index (χ3n) is 6.63. The maximum absolute atomic E-state index is 6.07. The van der Waals surface area contributed by atoms with E-state index in [4.69, 9.17) is 28.4 Å². The van der Waals surface area contributed by atoms with Crippen molar-refractivity contribution in [3.05, 3.63) is 64.2 Å². The third kappa shape index (κ3) is 6.69. The van der Waals surface area contributed by atoms with Crippen LogP contribution < -0.4 is 14.2 Å². The maximum atomic E-state index is 6.07. The number of rotatable bonds is 14. The van der Waals surface area contributed by atoms with Crippen LogP contribution in [0.5, 0.6) is 17.2 Å². The zero-order valence-corrected chi connectivity index (χ0v) is 21.7. The standard InChI is InChI=1S/C30H38O6/c1-31-12-5-13-34-26-11-10-22-18-25(9-8-23(22)19-26)27-7-4-6-24-20-29(35-16-14-32-2)30(21-28(24)27)36-17-15-33-3/h4,6,10-11,18-21,27H,5,7-9,12-17H2,1-3H3. The number of aryl methyl sites for hydroxylation is 1. The molecule has 0 aliphatic heterocycles. The Morgan fingerprint density at radius 2 is 1.47 bits per heavy atom. The lowest BCUT2D eigenvalue weighted by Crippen LogP contribution is -2.13. The molecule has 0 saturated heterocycles. The van der Waals surface area contributed by atoms with E-state index in [2.05, 4.69) is 48.6 Å². The summed E-state index contributed by atoms with van der Waals surface area (Å²) in [5, 5.41) is 0. The predicted octanol–water partition coefficient (Wildman–Crippen LogP) is 5.68. The molecular weight excluding hydrogens is 456 g/mol. The number of benzene rings is 2. The summed E-state index contributed by atoms with van der Waals surface area (Å²) >= 11 is 0. The summed E-state index contributed by atoms with van der Waals surface area (Å²) in [5.74, 6) is 2.76. The van der Waals surface area contributed by atoms with Crippen molar-refractivity contribution >= 4 is 12.2 Å². The molecule has 0 saturated carbocycles. The molecule has 0 spiro atoms. The molecule has 194 valence electrons. The first-order valence-corrected chi connectivity index (χ1v) is 12.8. The first-order chi connectivity index (χ1) is 17.7. The molecule has 0 N–H and O–H groups in total. The highest BCUT2D eigenvalue weighted by atomic mass is 16.5. The molecule has 0 fully saturated rings. The van der Waals surface area contributed by atoms with Crippen LogP contribution in [0.1, 0.15) is 47.4 Å². The van der Waals surface area contributed by atoms with Gasteiger partial charge < -0.3 is 28.4 Å². The van der Waals surface area contributed by atoms with Crippen molar-refractivity contribution in [1.82, 2.24) is 0 Å². The molecule has 2 aromatic carbocycles. The summed E-state index contributed by atoms with van der Waals surface area (Å²) in [6.45, 7) is 3.39. The van der Waals surface area contributed by atoms with Crippen molar-refractivity contribution in [1.29, 1.82) is 0 Å². The number of fused-ring (bicyclic) bond motifs is 2. The molecule has 2 aliphatic rings. The van der Waals surface area contributed by atoms with E-state index in [0.717, 1.165) is 42.9 Å². The number of hydrogen-bond acceptors (Lipinski definition) is 6. The average molecular weight is 495 g/mol. The van der Waals surface area contributed by atoms with Gasteiger partial charge in [0.2, 0.25) is 0 Å². The topological polar surface area (TPSA) is 55.4 Å². The smallest absolute Gasteiger partial charge is 0.161 e. The zero-order chi connectivity index (χ0) is 25.2. The van der Waals surface area contributed by atoms with E-state index in [1.54, 1.807) is 21.3 Å². The first kappa shape index (κ1) is 26.3. The highest BCUT2D eigenvalue weighted by Gasteiger charge is 2.25. The van der Waals surface area contributed by atoms with Crippen molar-refractivity contribution in [2.24, 2.45) is 0 Å². The summed E-state index contributed by atoms with van der Waals surface area (Å²) in [6.07, 6.45) is 10.8. The molecular formula is C30H38O6. The van der Waals surface area contributed by atoms with Crippen molar-refractivity contribution < 1.29 is 28.4 Å². The molecule has 0 heterocycles. The lowest BCUT2D eigenvalue weighted by Gasteiger charge is -2.29. The van der Waals surface area contributed by atoms with E-state index in [1.807, 2.05) is 0 Å². The Labute approximate surface area is 214 Å². The largest absolute Gasteiger partial charge is 0.493 e. The van der Waals surface area contributed by atoms with Gasteiger partial charge >= 0.3 is 0 Å². The van der Waals surface area contributed by atoms with Crippen LogP contribution in [-0.4, -0.2) is 61.0 Å². The van der Waals surface area contributed by atoms with Crippen LogP contribution in [0.15, 0.2) is 42.0 Å². The van der Waals surface area contributed by atoms with Crippen molar-refractivity contribution in [2.75, 3.05) is 61.0 Å². The van der Waals surface area contributed by atoms with E-state index in [0.29, 0.717) is 45.6 Å². The fourth-order valence-electron chi connectivity index (χ4n) is 4.79. The Morgan fingerprint density at radius 3 is 2.22 bits per heavy atom. The number of methoxy groups -OCH3 is 3. The molecule has 0 aromatic heterocycles. The third-order valence-corrected chi connectivity index (χ3v) is 6.63. The second-order valence-electron chi connectivity index (χ2n) is 9.08. The Kier molecular flexibility index (Phi) is 9.84. The zero-order valence-electron chi connectivity index (χ0n) is 21.7. The van der Waals surface area contributed by atoms with Gasteiger partial charge in [-0.2, -0.15) is 0 Å². The monoisotopic (exact) mass is 494 g/mol. The maximum Gasteiger partial charge on any atom is 0.161 e. The van der Waals surface area contributed by atoms with Gasteiger partial charge in [-0.05, 0) is 65.8 Å². The van der Waals surface area contributed by atoms with E-state index in [-0.39, 0.29) is 0 Å². The fourth-order valence-corrected chi connectivity index (χ4v) is 4.79. The molecule has 0 radical (unpaired) electrons. The van der Waals surface area contributed by atoms with E-state index in [1.165, 1.54) is 27.8 Å². The Balaban J connectivity index is 1.55. The summed E-state index contributed by atoms with van der Waals surface area (Å²) in [4.78, 5) is 0. The predicted molar refractivity (Wildman–Crippen MR) is 142 cm³/mol. The van der Waals surface area contributed by atoms with Crippen molar-refractivity contribution in [2.45, 2.75) is 31.6 Å². The summed E-state index contributed by atoms with van der Waals surface area (Å²) < 4.78 is 33.4. The lowest BCUT2D eigenvalue weighted by molar-refractivity contribution is 0.132. The Morgan fingerprint density at radius 1 is 0.722 bits per heavy atom.